The van der Waals surface area contributed by atoms with Crippen molar-refractivity contribution in [3.05, 3.63) is 0 Å². The number of hydrogen-bond acceptors (Lipinski definition) is 2. The van der Waals surface area contributed by atoms with E-state index in [1.54, 1.807) is 0 Å². The average molecular weight is 195 g/mol. The Balaban J connectivity index is 4.28. The first-order valence-corrected chi connectivity index (χ1v) is 3.89. The van der Waals surface area contributed by atoms with Crippen LogP contribution in [0.1, 0.15) is 6.92 Å². The van der Waals surface area contributed by atoms with Crippen molar-refractivity contribution in [1.29, 1.82) is 0 Å². The van der Waals surface area contributed by atoms with Crippen LogP contribution in [-0.4, -0.2) is 40.5 Å². The lowest BCUT2D eigenvalue weighted by atomic mass is 10.3. The van der Waals surface area contributed by atoms with Crippen molar-refractivity contribution in [2.45, 2.75) is 13.0 Å². The van der Waals surface area contributed by atoms with E-state index in [2.05, 4.69) is 0 Å². The van der Waals surface area contributed by atoms with Gasteiger partial charge in [-0.3, -0.25) is 0 Å². The van der Waals surface area contributed by atoms with Gasteiger partial charge in [-0.05, 0) is 6.92 Å². The number of carbonyl (C=O) groups excluding carboxylic acids is 1. The van der Waals surface area contributed by atoms with Crippen molar-refractivity contribution in [3.63, 3.8) is 0 Å². The van der Waals surface area contributed by atoms with E-state index in [0.717, 1.165) is 4.90 Å². The molecule has 2 amide bonds. The Hall–Kier alpha value is -0.970. The molecule has 0 bridgehead atoms. The topological polar surface area (TPSA) is 83.6 Å². The minimum Gasteiger partial charge on any atom is -0.480 e. The first-order chi connectivity index (χ1) is 5.50. The fourth-order valence-corrected chi connectivity index (χ4v) is 0.901. The van der Waals surface area contributed by atoms with E-state index < -0.39 is 18.0 Å². The van der Waals surface area contributed by atoms with E-state index in [1.807, 2.05) is 0 Å². The molecule has 0 heterocycles. The zero-order valence-electron chi connectivity index (χ0n) is 6.66. The van der Waals surface area contributed by atoms with Crippen LogP contribution in [-0.2, 0) is 4.79 Å². The molecular weight excluding hydrogens is 184 g/mol. The fourth-order valence-electron chi connectivity index (χ4n) is 0.719. The second-order valence-corrected chi connectivity index (χ2v) is 2.61. The van der Waals surface area contributed by atoms with E-state index in [4.69, 9.17) is 22.4 Å². The van der Waals surface area contributed by atoms with E-state index in [1.165, 1.54) is 6.92 Å². The van der Waals surface area contributed by atoms with Gasteiger partial charge in [0.1, 0.15) is 6.04 Å². The van der Waals surface area contributed by atoms with Gasteiger partial charge in [-0.15, -0.1) is 11.6 Å². The summed E-state index contributed by atoms with van der Waals surface area (Å²) in [6, 6.07) is -1.70. The predicted molar refractivity (Wildman–Crippen MR) is 44.1 cm³/mol. The van der Waals surface area contributed by atoms with Gasteiger partial charge < -0.3 is 15.7 Å². The zero-order valence-corrected chi connectivity index (χ0v) is 7.41. The third-order valence-corrected chi connectivity index (χ3v) is 1.60. The molecule has 1 atom stereocenters. The number of primary amides is 1. The lowest BCUT2D eigenvalue weighted by Crippen LogP contribution is -2.46. The van der Waals surface area contributed by atoms with Gasteiger partial charge in [-0.25, -0.2) is 9.59 Å². The highest BCUT2D eigenvalue weighted by Crippen LogP contribution is 1.99. The molecule has 0 aromatic carbocycles. The zero-order chi connectivity index (χ0) is 9.72. The molecule has 0 spiro atoms. The molecule has 0 unspecified atom stereocenters. The van der Waals surface area contributed by atoms with Gasteiger partial charge in [-0.1, -0.05) is 0 Å². The quantitative estimate of drug-likeness (QED) is 0.622. The number of rotatable bonds is 4. The lowest BCUT2D eigenvalue weighted by Gasteiger charge is -2.22. The number of urea groups is 1. The second-order valence-electron chi connectivity index (χ2n) is 2.23. The maximum Gasteiger partial charge on any atom is 0.326 e. The minimum absolute atomic E-state index is 0.143. The van der Waals surface area contributed by atoms with Crippen LogP contribution in [0.15, 0.2) is 0 Å². The number of amides is 2. The predicted octanol–water partition coefficient (Wildman–Crippen LogP) is 0.0790. The molecule has 5 nitrogen and oxygen atoms in total. The molecule has 0 aromatic rings. The molecule has 0 fully saturated rings. The number of alkyl halides is 1. The van der Waals surface area contributed by atoms with Crippen molar-refractivity contribution in [2.75, 3.05) is 12.4 Å². The number of carbonyl (C=O) groups is 2. The maximum absolute atomic E-state index is 10.7. The Kier molecular flexibility index (Phi) is 4.43. The summed E-state index contributed by atoms with van der Waals surface area (Å²) in [5.74, 6) is -0.931. The van der Waals surface area contributed by atoms with E-state index in [0.29, 0.717) is 0 Å². The number of halogens is 1. The van der Waals surface area contributed by atoms with Crippen LogP contribution in [0.4, 0.5) is 4.79 Å². The molecule has 3 N–H and O–H groups in total. The standard InChI is InChI=1S/C6H11ClN2O3/c1-4(5(10)11)9(3-2-7)6(8)12/h4H,2-3H2,1H3,(H2,8,12)(H,10,11)/t4-/m0/s1. The lowest BCUT2D eigenvalue weighted by molar-refractivity contribution is -0.141. The number of carboxylic acids is 1. The van der Waals surface area contributed by atoms with Crippen molar-refractivity contribution < 1.29 is 14.7 Å². The summed E-state index contributed by atoms with van der Waals surface area (Å²) in [5, 5.41) is 8.54. The highest BCUT2D eigenvalue weighted by Gasteiger charge is 2.22. The van der Waals surface area contributed by atoms with Gasteiger partial charge in [0.15, 0.2) is 0 Å². The number of aliphatic carboxylic acids is 1. The Morgan fingerprint density at radius 1 is 1.67 bits per heavy atom. The van der Waals surface area contributed by atoms with Crippen LogP contribution in [0, 0.1) is 0 Å². The second kappa shape index (κ2) is 4.82. The monoisotopic (exact) mass is 194 g/mol. The SMILES string of the molecule is C[C@@H](C(=O)O)N(CCCl)C(N)=O. The van der Waals surface area contributed by atoms with Gasteiger partial charge in [0, 0.05) is 12.4 Å². The molecule has 0 aliphatic rings. The first-order valence-electron chi connectivity index (χ1n) is 3.35. The van der Waals surface area contributed by atoms with Gasteiger partial charge in [0.2, 0.25) is 0 Å². The normalized spacial score (nSPS) is 12.2. The van der Waals surface area contributed by atoms with Crippen LogP contribution >= 0.6 is 11.6 Å². The van der Waals surface area contributed by atoms with Crippen molar-refractivity contribution >= 4 is 23.6 Å². The Bertz CT molecular complexity index is 186. The molecule has 0 saturated heterocycles. The summed E-state index contributed by atoms with van der Waals surface area (Å²) >= 11 is 5.35. The third-order valence-electron chi connectivity index (χ3n) is 1.43. The molecule has 0 aliphatic carbocycles. The van der Waals surface area contributed by atoms with Gasteiger partial charge >= 0.3 is 12.0 Å². The summed E-state index contributed by atoms with van der Waals surface area (Å²) in [6.07, 6.45) is 0. The molecule has 12 heavy (non-hydrogen) atoms. The Labute approximate surface area is 75.1 Å². The smallest absolute Gasteiger partial charge is 0.326 e. The number of carboxylic acid groups (broad SMARTS) is 1. The molecule has 0 saturated carbocycles. The van der Waals surface area contributed by atoms with Gasteiger partial charge in [0.05, 0.1) is 0 Å². The van der Waals surface area contributed by atoms with Gasteiger partial charge in [-0.2, -0.15) is 0 Å². The summed E-state index contributed by atoms with van der Waals surface area (Å²) in [5.41, 5.74) is 4.93. The molecule has 0 aromatic heterocycles. The molecule has 0 rings (SSSR count). The van der Waals surface area contributed by atoms with Crippen molar-refractivity contribution in [3.8, 4) is 0 Å². The Morgan fingerprint density at radius 3 is 2.42 bits per heavy atom. The number of hydrogen-bond donors (Lipinski definition) is 2. The molecule has 6 heteroatoms. The molecule has 70 valence electrons. The first kappa shape index (κ1) is 11.0. The van der Waals surface area contributed by atoms with E-state index in [9.17, 15) is 9.59 Å². The fraction of sp³-hybridized carbons (Fsp3) is 0.667. The summed E-state index contributed by atoms with van der Waals surface area (Å²) in [6.45, 7) is 1.52. The van der Waals surface area contributed by atoms with Gasteiger partial charge in [0.25, 0.3) is 0 Å². The average Bonchev–Trinajstić information content (AvgIpc) is 1.98. The molecule has 0 radical (unpaired) electrons. The largest absolute Gasteiger partial charge is 0.480 e. The summed E-state index contributed by atoms with van der Waals surface area (Å²) < 4.78 is 0. The van der Waals surface area contributed by atoms with E-state index in [-0.39, 0.29) is 12.4 Å². The number of nitrogens with two attached hydrogens (primary N) is 1. The summed E-state index contributed by atoms with van der Waals surface area (Å²) in [4.78, 5) is 22.1. The van der Waals surface area contributed by atoms with Crippen molar-refractivity contribution in [2.24, 2.45) is 5.73 Å². The van der Waals surface area contributed by atoms with Crippen LogP contribution in [0.5, 0.6) is 0 Å². The molecular formula is C6H11ClN2O3. The summed E-state index contributed by atoms with van der Waals surface area (Å²) in [7, 11) is 0. The molecule has 0 aliphatic heterocycles. The highest BCUT2D eigenvalue weighted by molar-refractivity contribution is 6.18. The van der Waals surface area contributed by atoms with Crippen LogP contribution in [0.25, 0.3) is 0 Å². The van der Waals surface area contributed by atoms with Crippen LogP contribution in [0.2, 0.25) is 0 Å². The third kappa shape index (κ3) is 2.96. The van der Waals surface area contributed by atoms with Crippen molar-refractivity contribution in [1.82, 2.24) is 4.90 Å². The maximum atomic E-state index is 10.7. The van der Waals surface area contributed by atoms with Crippen LogP contribution in [0.3, 0.4) is 0 Å². The van der Waals surface area contributed by atoms with E-state index >= 15 is 0 Å². The Morgan fingerprint density at radius 2 is 2.17 bits per heavy atom. The van der Waals surface area contributed by atoms with Crippen LogP contribution < -0.4 is 5.73 Å². The number of nitrogens with zero attached hydrogens (tertiary/aromatic N) is 1. The minimum atomic E-state index is -1.10. The highest BCUT2D eigenvalue weighted by atomic mass is 35.5.